The molecule has 0 radical (unpaired) electrons. The molecule has 204 valence electrons. The Balaban J connectivity index is 1.33. The average molecular weight is 496 g/mol. The molecule has 0 aromatic carbocycles. The third-order valence-corrected chi connectivity index (χ3v) is 14.9. The van der Waals surface area contributed by atoms with Crippen molar-refractivity contribution in [3.63, 3.8) is 0 Å². The molecule has 10 atom stereocenters. The first-order valence-electron chi connectivity index (χ1n) is 16.0. The van der Waals surface area contributed by atoms with E-state index in [0.717, 1.165) is 36.1 Å². The maximum absolute atomic E-state index is 11.0. The molecule has 6 fully saturated rings. The molecular formula is C34H57NO. The van der Waals surface area contributed by atoms with Crippen molar-refractivity contribution >= 4 is 0 Å². The number of aliphatic hydroxyl groups excluding tert-OH is 1. The molecule has 0 aromatic rings. The topological polar surface area (TPSA) is 32.3 Å². The van der Waals surface area contributed by atoms with Gasteiger partial charge in [-0.25, -0.2) is 0 Å². The minimum absolute atomic E-state index is 0.0544. The van der Waals surface area contributed by atoms with Crippen LogP contribution in [0.3, 0.4) is 0 Å². The van der Waals surface area contributed by atoms with Gasteiger partial charge in [0.05, 0.1) is 6.10 Å². The van der Waals surface area contributed by atoms with Gasteiger partial charge in [-0.3, -0.25) is 0 Å². The Hall–Kier alpha value is -0.340. The Labute approximate surface area is 222 Å². The normalized spacial score (nSPS) is 53.6. The van der Waals surface area contributed by atoms with Gasteiger partial charge in [-0.2, -0.15) is 0 Å². The Morgan fingerprint density at radius 2 is 1.56 bits per heavy atom. The maximum Gasteiger partial charge on any atom is 0.0594 e. The van der Waals surface area contributed by atoms with E-state index in [0.29, 0.717) is 27.6 Å². The predicted molar refractivity (Wildman–Crippen MR) is 151 cm³/mol. The van der Waals surface area contributed by atoms with Crippen LogP contribution in [0.1, 0.15) is 125 Å². The largest absolute Gasteiger partial charge is 0.393 e. The highest BCUT2D eigenvalue weighted by molar-refractivity contribution is 5.21. The first-order chi connectivity index (χ1) is 16.9. The van der Waals surface area contributed by atoms with Gasteiger partial charge in [-0.05, 0) is 154 Å². The second-order valence-corrected chi connectivity index (χ2v) is 16.4. The molecule has 2 N–H and O–H groups in total. The molecule has 6 aliphatic carbocycles. The van der Waals surface area contributed by atoms with Gasteiger partial charge in [0.1, 0.15) is 0 Å². The molecule has 0 spiro atoms. The van der Waals surface area contributed by atoms with Gasteiger partial charge in [-0.1, -0.05) is 46.8 Å². The molecule has 6 saturated carbocycles. The van der Waals surface area contributed by atoms with E-state index in [4.69, 9.17) is 0 Å². The fraction of sp³-hybridized carbons (Fsp3) is 0.941. The minimum Gasteiger partial charge on any atom is -0.393 e. The zero-order valence-electron chi connectivity index (χ0n) is 24.6. The van der Waals surface area contributed by atoms with Gasteiger partial charge < -0.3 is 10.4 Å². The Morgan fingerprint density at radius 1 is 0.806 bits per heavy atom. The van der Waals surface area contributed by atoms with E-state index >= 15 is 0 Å². The molecule has 0 unspecified atom stereocenters. The van der Waals surface area contributed by atoms with E-state index in [-0.39, 0.29) is 11.5 Å². The lowest BCUT2D eigenvalue weighted by Crippen LogP contribution is -2.66. The van der Waals surface area contributed by atoms with Gasteiger partial charge >= 0.3 is 0 Å². The second-order valence-electron chi connectivity index (χ2n) is 16.4. The number of allylic oxidation sites excluding steroid dienone is 1. The summed E-state index contributed by atoms with van der Waals surface area (Å²) in [6.45, 7) is 21.1. The highest BCUT2D eigenvalue weighted by Crippen LogP contribution is 2.77. The van der Waals surface area contributed by atoms with E-state index in [2.05, 4.69) is 53.4 Å². The molecule has 0 aliphatic heterocycles. The van der Waals surface area contributed by atoms with Crippen molar-refractivity contribution in [3.05, 3.63) is 12.2 Å². The summed E-state index contributed by atoms with van der Waals surface area (Å²) in [6, 6.07) is 0.829. The van der Waals surface area contributed by atoms with Crippen LogP contribution in [0.5, 0.6) is 0 Å². The number of rotatable bonds is 5. The van der Waals surface area contributed by atoms with Crippen LogP contribution in [0.25, 0.3) is 0 Å². The molecule has 0 bridgehead atoms. The molecule has 36 heavy (non-hydrogen) atoms. The van der Waals surface area contributed by atoms with Crippen LogP contribution in [0.15, 0.2) is 12.2 Å². The van der Waals surface area contributed by atoms with Crippen molar-refractivity contribution in [3.8, 4) is 0 Å². The van der Waals surface area contributed by atoms with E-state index in [1.54, 1.807) is 0 Å². The van der Waals surface area contributed by atoms with Gasteiger partial charge in [0.25, 0.3) is 0 Å². The molecule has 0 aromatic heterocycles. The number of hydrogen-bond acceptors (Lipinski definition) is 2. The number of aliphatic hydroxyl groups is 1. The van der Waals surface area contributed by atoms with Crippen LogP contribution in [0.4, 0.5) is 0 Å². The fourth-order valence-corrected chi connectivity index (χ4v) is 12.5. The number of hydrogen-bond donors (Lipinski definition) is 2. The smallest absolute Gasteiger partial charge is 0.0594 e. The maximum atomic E-state index is 11.0. The molecule has 2 heteroatoms. The zero-order valence-corrected chi connectivity index (χ0v) is 24.6. The summed E-state index contributed by atoms with van der Waals surface area (Å²) >= 11 is 0. The molecule has 6 aliphatic rings. The lowest BCUT2D eigenvalue weighted by Gasteiger charge is -2.73. The van der Waals surface area contributed by atoms with Crippen LogP contribution < -0.4 is 5.32 Å². The van der Waals surface area contributed by atoms with E-state index in [9.17, 15) is 5.11 Å². The van der Waals surface area contributed by atoms with Crippen molar-refractivity contribution in [1.82, 2.24) is 5.32 Å². The van der Waals surface area contributed by atoms with Crippen LogP contribution in [-0.2, 0) is 0 Å². The first kappa shape index (κ1) is 25.9. The molecule has 0 amide bonds. The summed E-state index contributed by atoms with van der Waals surface area (Å²) in [4.78, 5) is 0. The summed E-state index contributed by atoms with van der Waals surface area (Å²) in [6.07, 6.45) is 17.6. The quantitative estimate of drug-likeness (QED) is 0.377. The first-order valence-corrected chi connectivity index (χ1v) is 16.0. The van der Waals surface area contributed by atoms with Crippen LogP contribution in [0.2, 0.25) is 0 Å². The van der Waals surface area contributed by atoms with Crippen molar-refractivity contribution in [2.24, 2.45) is 56.7 Å². The molecule has 0 saturated heterocycles. The molecule has 2 nitrogen and oxygen atoms in total. The SMILES string of the molecule is C=C(C)[C@@H]1CC[C@]2(CCNC3CC3)CC[C@]3(C)[C@H](CC[C@@H]4[C@@]5(C)CC[C@H](O)C(C)(C)[C@@H]5CC[C@]43C)[C@@H]12. The summed E-state index contributed by atoms with van der Waals surface area (Å²) in [5.74, 6) is 3.93. The van der Waals surface area contributed by atoms with Crippen molar-refractivity contribution < 1.29 is 5.11 Å². The lowest BCUT2D eigenvalue weighted by atomic mass is 9.32. The van der Waals surface area contributed by atoms with Gasteiger partial charge in [0, 0.05) is 6.04 Å². The van der Waals surface area contributed by atoms with E-state index < -0.39 is 0 Å². The summed E-state index contributed by atoms with van der Waals surface area (Å²) in [5, 5.41) is 14.9. The van der Waals surface area contributed by atoms with Crippen molar-refractivity contribution in [2.45, 2.75) is 137 Å². The zero-order chi connectivity index (χ0) is 25.7. The fourth-order valence-electron chi connectivity index (χ4n) is 12.5. The standard InChI is InChI=1S/C34H57NO/c1-22(2)24-12-17-34(20-21-35-23-8-9-23)19-18-32(6)25(29(24)34)10-11-27-31(5)15-14-28(36)30(3,4)26(31)13-16-33(27,32)7/h23-29,35-36H,1,8-21H2,2-7H3/t24-,25+,26-,27+,28-,29+,31-,32+,33+,34+/m0/s1. The molecule has 0 heterocycles. The summed E-state index contributed by atoms with van der Waals surface area (Å²) in [5.41, 5.74) is 3.35. The van der Waals surface area contributed by atoms with Crippen LogP contribution >= 0.6 is 0 Å². The van der Waals surface area contributed by atoms with Crippen molar-refractivity contribution in [1.29, 1.82) is 0 Å². The predicted octanol–water partition coefficient (Wildman–Crippen LogP) is 8.15. The van der Waals surface area contributed by atoms with Gasteiger partial charge in [-0.15, -0.1) is 0 Å². The molecule has 6 rings (SSSR count). The monoisotopic (exact) mass is 495 g/mol. The number of fused-ring (bicyclic) bond motifs is 7. The van der Waals surface area contributed by atoms with E-state index in [1.165, 1.54) is 89.2 Å². The Kier molecular flexibility index (Phi) is 6.00. The third kappa shape index (κ3) is 3.41. The highest BCUT2D eigenvalue weighted by Gasteiger charge is 2.70. The highest BCUT2D eigenvalue weighted by atomic mass is 16.3. The minimum atomic E-state index is -0.124. The molecular weight excluding hydrogens is 438 g/mol. The van der Waals surface area contributed by atoms with Gasteiger partial charge in [0.15, 0.2) is 0 Å². The van der Waals surface area contributed by atoms with Gasteiger partial charge in [0.2, 0.25) is 0 Å². The summed E-state index contributed by atoms with van der Waals surface area (Å²) < 4.78 is 0. The summed E-state index contributed by atoms with van der Waals surface area (Å²) in [7, 11) is 0. The lowest BCUT2D eigenvalue weighted by molar-refractivity contribution is -0.247. The number of nitrogens with one attached hydrogen (secondary N) is 1. The van der Waals surface area contributed by atoms with Crippen LogP contribution in [0, 0.1) is 56.7 Å². The van der Waals surface area contributed by atoms with Crippen LogP contribution in [-0.4, -0.2) is 23.8 Å². The Morgan fingerprint density at radius 3 is 2.25 bits per heavy atom. The third-order valence-electron chi connectivity index (χ3n) is 14.9. The average Bonchev–Trinajstić information content (AvgIpc) is 3.55. The van der Waals surface area contributed by atoms with E-state index in [1.807, 2.05) is 0 Å². The van der Waals surface area contributed by atoms with Crippen molar-refractivity contribution in [2.75, 3.05) is 6.54 Å². The second kappa shape index (κ2) is 8.33. The Bertz CT molecular complexity index is 890.